The summed E-state index contributed by atoms with van der Waals surface area (Å²) in [5, 5.41) is 14.0. The quantitative estimate of drug-likeness (QED) is 0.584. The molecular weight excluding hydrogens is 164 g/mol. The molecule has 0 aromatic carbocycles. The Bertz CT molecular complexity index is 184. The van der Waals surface area contributed by atoms with Crippen molar-refractivity contribution in [1.82, 2.24) is 10.2 Å². The molecule has 0 radical (unpaired) electrons. The van der Waals surface area contributed by atoms with Gasteiger partial charge in [0.2, 0.25) is 0 Å². The van der Waals surface area contributed by atoms with Crippen molar-refractivity contribution in [2.45, 2.75) is 0 Å². The predicted octanol–water partition coefficient (Wildman–Crippen LogP) is 0.105. The zero-order chi connectivity index (χ0) is 5.98. The molecule has 0 saturated carbocycles. The number of H-pyrrole nitrogens is 1. The van der Waals surface area contributed by atoms with E-state index in [4.69, 9.17) is 5.11 Å². The van der Waals surface area contributed by atoms with Crippen LogP contribution in [0, 0.1) is 0 Å². The number of hydrogen-bond acceptors (Lipinski definition) is 2. The summed E-state index contributed by atoms with van der Waals surface area (Å²) in [6.45, 7) is 0. The van der Waals surface area contributed by atoms with Crippen molar-refractivity contribution in [2.75, 3.05) is 0 Å². The van der Waals surface area contributed by atoms with Gasteiger partial charge in [-0.3, -0.25) is 5.10 Å². The fourth-order valence-electron chi connectivity index (χ4n) is 0.379. The molecule has 0 fully saturated rings. The summed E-state index contributed by atoms with van der Waals surface area (Å²) in [5.41, 5.74) is 0.0463. The molecule has 0 atom stereocenters. The average molecular weight is 168 g/mol. The summed E-state index contributed by atoms with van der Waals surface area (Å²) in [6.07, 6.45) is 1.46. The molecule has 1 aromatic heterocycles. The van der Waals surface area contributed by atoms with E-state index in [1.54, 1.807) is 0 Å². The third-order valence-corrected chi connectivity index (χ3v) is 0.720. The molecule has 4 nitrogen and oxygen atoms in total. The largest absolute Gasteiger partial charge is 0.476 e. The van der Waals surface area contributed by atoms with Crippen LogP contribution >= 0.6 is 0 Å². The first kappa shape index (κ1) is 8.20. The zero-order valence-corrected chi connectivity index (χ0v) is 5.42. The van der Waals surface area contributed by atoms with Gasteiger partial charge in [-0.05, 0) is 6.07 Å². The van der Waals surface area contributed by atoms with E-state index in [0.717, 1.165) is 0 Å². The minimum absolute atomic E-state index is 0. The Balaban J connectivity index is 0.000000640. The van der Waals surface area contributed by atoms with Crippen LogP contribution in [0.2, 0.25) is 0 Å². The second-order valence-corrected chi connectivity index (χ2v) is 1.26. The van der Waals surface area contributed by atoms with Crippen LogP contribution in [0.15, 0.2) is 12.3 Å². The normalized spacial score (nSPS) is 8.00. The fourth-order valence-corrected chi connectivity index (χ4v) is 0.379. The van der Waals surface area contributed by atoms with E-state index in [2.05, 4.69) is 10.2 Å². The fraction of sp³-hybridized carbons (Fsp3) is 0. The molecular formula is C4H4FeN2O2. The first-order chi connectivity index (χ1) is 3.80. The standard InChI is InChI=1S/C4H4N2O2.Fe/c7-4(8)3-1-2-5-6-3;/h1-2H,(H,5,6)(H,7,8);. The number of aromatic nitrogens is 2. The Hall–Kier alpha value is -0.801. The summed E-state index contributed by atoms with van der Waals surface area (Å²) in [7, 11) is 0. The van der Waals surface area contributed by atoms with Gasteiger partial charge >= 0.3 is 5.97 Å². The van der Waals surface area contributed by atoms with Crippen LogP contribution in [-0.4, -0.2) is 21.3 Å². The number of aromatic amines is 1. The molecule has 5 heteroatoms. The number of carboxylic acid groups (broad SMARTS) is 1. The van der Waals surface area contributed by atoms with Gasteiger partial charge in [-0.2, -0.15) is 5.10 Å². The van der Waals surface area contributed by atoms with Gasteiger partial charge in [0, 0.05) is 23.3 Å². The van der Waals surface area contributed by atoms with Crippen LogP contribution < -0.4 is 0 Å². The molecule has 0 aliphatic carbocycles. The van der Waals surface area contributed by atoms with Crippen LogP contribution in [0.25, 0.3) is 0 Å². The minimum atomic E-state index is -1.01. The number of carboxylic acids is 1. The molecule has 1 aromatic rings. The van der Waals surface area contributed by atoms with Crippen LogP contribution in [0.3, 0.4) is 0 Å². The molecule has 1 heterocycles. The van der Waals surface area contributed by atoms with Crippen molar-refractivity contribution >= 4 is 5.97 Å². The Morgan fingerprint density at radius 3 is 2.67 bits per heavy atom. The number of hydrogen-bond donors (Lipinski definition) is 2. The van der Waals surface area contributed by atoms with Crippen molar-refractivity contribution in [1.29, 1.82) is 0 Å². The second-order valence-electron chi connectivity index (χ2n) is 1.26. The van der Waals surface area contributed by atoms with E-state index >= 15 is 0 Å². The van der Waals surface area contributed by atoms with Gasteiger partial charge < -0.3 is 5.11 Å². The first-order valence-electron chi connectivity index (χ1n) is 2.04. The number of nitrogens with zero attached hydrogens (tertiary/aromatic N) is 1. The summed E-state index contributed by atoms with van der Waals surface area (Å²) >= 11 is 0. The van der Waals surface area contributed by atoms with Crippen molar-refractivity contribution in [3.8, 4) is 0 Å². The van der Waals surface area contributed by atoms with Crippen LogP contribution in [0.1, 0.15) is 10.5 Å². The van der Waals surface area contributed by atoms with Gasteiger partial charge in [0.25, 0.3) is 0 Å². The molecule has 0 aliphatic rings. The van der Waals surface area contributed by atoms with Crippen molar-refractivity contribution in [2.24, 2.45) is 0 Å². The number of carbonyl (C=O) groups is 1. The first-order valence-corrected chi connectivity index (χ1v) is 2.04. The second kappa shape index (κ2) is 3.27. The Morgan fingerprint density at radius 2 is 2.44 bits per heavy atom. The van der Waals surface area contributed by atoms with Crippen molar-refractivity contribution in [3.63, 3.8) is 0 Å². The van der Waals surface area contributed by atoms with E-state index < -0.39 is 5.97 Å². The van der Waals surface area contributed by atoms with Gasteiger partial charge in [0.15, 0.2) is 5.69 Å². The number of rotatable bonds is 1. The zero-order valence-electron chi connectivity index (χ0n) is 4.31. The monoisotopic (exact) mass is 168 g/mol. The Labute approximate surface area is 61.7 Å². The maximum atomic E-state index is 9.98. The third kappa shape index (κ3) is 1.87. The number of nitrogens with one attached hydrogen (secondary N) is 1. The summed E-state index contributed by atoms with van der Waals surface area (Å²) < 4.78 is 0. The predicted molar refractivity (Wildman–Crippen MR) is 25.5 cm³/mol. The van der Waals surface area contributed by atoms with E-state index in [0.29, 0.717) is 0 Å². The number of aromatic carboxylic acids is 1. The van der Waals surface area contributed by atoms with Crippen LogP contribution in [0.4, 0.5) is 0 Å². The SMILES string of the molecule is O=C(O)c1cc[nH]n1.[Fe]. The topological polar surface area (TPSA) is 66.0 Å². The van der Waals surface area contributed by atoms with Crippen LogP contribution in [0.5, 0.6) is 0 Å². The third-order valence-electron chi connectivity index (χ3n) is 0.720. The van der Waals surface area contributed by atoms with Gasteiger partial charge in [0.05, 0.1) is 0 Å². The molecule has 0 aliphatic heterocycles. The Morgan fingerprint density at radius 1 is 1.78 bits per heavy atom. The van der Waals surface area contributed by atoms with Crippen molar-refractivity contribution < 1.29 is 27.0 Å². The van der Waals surface area contributed by atoms with E-state index in [1.165, 1.54) is 12.3 Å². The molecule has 1 rings (SSSR count). The van der Waals surface area contributed by atoms with Gasteiger partial charge in [-0.1, -0.05) is 0 Å². The Kier molecular flexibility index (Phi) is 2.98. The van der Waals surface area contributed by atoms with Gasteiger partial charge in [0.1, 0.15) is 0 Å². The molecule has 9 heavy (non-hydrogen) atoms. The smallest absolute Gasteiger partial charge is 0.356 e. The molecule has 0 bridgehead atoms. The maximum absolute atomic E-state index is 9.98. The summed E-state index contributed by atoms with van der Waals surface area (Å²) in [6, 6.07) is 1.39. The van der Waals surface area contributed by atoms with E-state index in [9.17, 15) is 4.79 Å². The van der Waals surface area contributed by atoms with Crippen molar-refractivity contribution in [3.05, 3.63) is 18.0 Å². The molecule has 0 unspecified atom stereocenters. The summed E-state index contributed by atoms with van der Waals surface area (Å²) in [5.74, 6) is -1.01. The molecule has 0 spiro atoms. The van der Waals surface area contributed by atoms with Gasteiger partial charge in [-0.15, -0.1) is 0 Å². The van der Waals surface area contributed by atoms with E-state index in [1.807, 2.05) is 0 Å². The molecule has 0 amide bonds. The van der Waals surface area contributed by atoms with Crippen LogP contribution in [-0.2, 0) is 17.1 Å². The van der Waals surface area contributed by atoms with E-state index in [-0.39, 0.29) is 22.8 Å². The van der Waals surface area contributed by atoms with Gasteiger partial charge in [-0.25, -0.2) is 4.79 Å². The summed E-state index contributed by atoms with van der Waals surface area (Å²) in [4.78, 5) is 9.98. The molecule has 2 N–H and O–H groups in total. The minimum Gasteiger partial charge on any atom is -0.476 e. The average Bonchev–Trinajstić information content (AvgIpc) is 2.12. The molecule has 50 valence electrons. The maximum Gasteiger partial charge on any atom is 0.356 e. The molecule has 0 saturated heterocycles.